The highest BCUT2D eigenvalue weighted by atomic mass is 16.0. The van der Waals surface area contributed by atoms with Gasteiger partial charge in [0.2, 0.25) is 0 Å². The van der Waals surface area contributed by atoms with Gasteiger partial charge in [0.1, 0.15) is 0 Å². The predicted molar refractivity (Wildman–Crippen MR) is 42.5 cm³/mol. The monoisotopic (exact) mass is 142 g/mol. The fourth-order valence-corrected chi connectivity index (χ4v) is 0.500. The molecule has 10 heavy (non-hydrogen) atoms. The van der Waals surface area contributed by atoms with Gasteiger partial charge in [-0.1, -0.05) is 39.5 Å². The minimum absolute atomic E-state index is 0. The van der Waals surface area contributed by atoms with Crippen molar-refractivity contribution in [3.8, 4) is 12.8 Å². The first-order valence-electron chi connectivity index (χ1n) is 3.25. The summed E-state index contributed by atoms with van der Waals surface area (Å²) in [6.45, 7) is 4.46. The molecule has 59 valence electrons. The van der Waals surface area contributed by atoms with Gasteiger partial charge in [0.15, 0.2) is 0 Å². The van der Waals surface area contributed by atoms with Crippen molar-refractivity contribution in [2.75, 3.05) is 0 Å². The molecule has 0 unspecified atom stereocenters. The Morgan fingerprint density at radius 3 is 1.20 bits per heavy atom. The summed E-state index contributed by atoms with van der Waals surface area (Å²) in [5, 5.41) is 0. The fourth-order valence-electron chi connectivity index (χ4n) is 0.500. The normalized spacial score (nSPS) is 5.60. The Balaban J connectivity index is -0.0000000412. The molecule has 0 bridgehead atoms. The average Bonchev–Trinajstić information content (AvgIpc) is 1.88. The molecule has 0 aromatic rings. The van der Waals surface area contributed by atoms with Crippen LogP contribution in [0.5, 0.6) is 0 Å². The van der Waals surface area contributed by atoms with Crippen LogP contribution in [0.1, 0.15) is 39.5 Å². The lowest BCUT2D eigenvalue weighted by Crippen LogP contribution is -1.66. The third-order valence-corrected chi connectivity index (χ3v) is 0.957. The van der Waals surface area contributed by atoms with Gasteiger partial charge < -0.3 is 0 Å². The summed E-state index contributed by atoms with van der Waals surface area (Å²) in [6, 6.07) is 0. The zero-order valence-corrected chi connectivity index (χ0v) is 6.84. The molecule has 0 aromatic heterocycles. The standard InChI is InChI=1S/C6H14.C2H2.N.O/c1-3-5-6-4-2;1-2;;/h3-6H2,1-2H3;1-2H;;. The van der Waals surface area contributed by atoms with Gasteiger partial charge in [0.25, 0.3) is 0 Å². The van der Waals surface area contributed by atoms with Crippen molar-refractivity contribution < 1.29 is 5.48 Å². The number of nitrogens with zero attached hydrogens (tertiary/aromatic N) is 1. The van der Waals surface area contributed by atoms with Crippen LogP contribution in [-0.2, 0) is 5.48 Å². The van der Waals surface area contributed by atoms with Gasteiger partial charge in [-0.25, -0.2) is 0 Å². The molecule has 0 fully saturated rings. The van der Waals surface area contributed by atoms with Gasteiger partial charge in [-0.05, 0) is 0 Å². The number of unbranched alkanes of at least 4 members (excludes halogenated alkanes) is 3. The molecule has 0 saturated heterocycles. The number of rotatable bonds is 3. The third kappa shape index (κ3) is 51.1. The molecule has 2 nitrogen and oxygen atoms in total. The zero-order chi connectivity index (χ0) is 6.83. The summed E-state index contributed by atoms with van der Waals surface area (Å²) in [5.41, 5.74) is 0. The van der Waals surface area contributed by atoms with E-state index in [0.29, 0.717) is 0 Å². The Morgan fingerprint density at radius 1 is 0.900 bits per heavy atom. The van der Waals surface area contributed by atoms with Gasteiger partial charge in [0.05, 0.1) is 0 Å². The van der Waals surface area contributed by atoms with E-state index in [2.05, 4.69) is 26.7 Å². The Morgan fingerprint density at radius 2 is 1.10 bits per heavy atom. The SMILES string of the molecule is C#C.CCCCCC.[N].[O]. The molecule has 5 radical (unpaired) electrons. The highest BCUT2D eigenvalue weighted by Crippen LogP contribution is 1.95. The van der Waals surface area contributed by atoms with Crippen molar-refractivity contribution in [3.63, 3.8) is 0 Å². The first-order chi connectivity index (χ1) is 3.91. The van der Waals surface area contributed by atoms with E-state index in [1.54, 1.807) is 0 Å². The van der Waals surface area contributed by atoms with Crippen molar-refractivity contribution in [3.05, 3.63) is 0 Å². The Hall–Kier alpha value is -0.520. The summed E-state index contributed by atoms with van der Waals surface area (Å²) < 4.78 is 0. The maximum absolute atomic E-state index is 4.00. The van der Waals surface area contributed by atoms with Gasteiger partial charge >= 0.3 is 0 Å². The minimum atomic E-state index is 0. The molecule has 0 aliphatic rings. The van der Waals surface area contributed by atoms with E-state index in [0.717, 1.165) is 0 Å². The molecule has 0 aliphatic carbocycles. The van der Waals surface area contributed by atoms with E-state index in [-0.39, 0.29) is 11.6 Å². The van der Waals surface area contributed by atoms with E-state index in [1.807, 2.05) is 0 Å². The van der Waals surface area contributed by atoms with Crippen LogP contribution in [0.4, 0.5) is 0 Å². The maximum Gasteiger partial charge on any atom is 0 e. The van der Waals surface area contributed by atoms with Gasteiger partial charge in [-0.2, -0.15) is 0 Å². The highest BCUT2D eigenvalue weighted by molar-refractivity contribution is 4.47. The van der Waals surface area contributed by atoms with Crippen molar-refractivity contribution in [2.24, 2.45) is 0 Å². The van der Waals surface area contributed by atoms with Crippen molar-refractivity contribution in [1.29, 1.82) is 0 Å². The Kier molecular flexibility index (Phi) is 88.9. The fraction of sp³-hybridized carbons (Fsp3) is 0.750. The summed E-state index contributed by atoms with van der Waals surface area (Å²) in [5.74, 6) is 0. The quantitative estimate of drug-likeness (QED) is 0.428. The Labute approximate surface area is 64.9 Å². The highest BCUT2D eigenvalue weighted by Gasteiger charge is 1.75. The van der Waals surface area contributed by atoms with Gasteiger partial charge in [0, 0.05) is 11.6 Å². The molecule has 0 saturated carbocycles. The number of hydrogen-bond donors (Lipinski definition) is 0. The smallest absolute Gasteiger partial charge is 0 e. The van der Waals surface area contributed by atoms with Gasteiger partial charge in [-0.15, -0.1) is 12.8 Å². The van der Waals surface area contributed by atoms with Crippen molar-refractivity contribution in [1.82, 2.24) is 6.15 Å². The summed E-state index contributed by atoms with van der Waals surface area (Å²) in [7, 11) is 0. The minimum Gasteiger partial charge on any atom is -0.124 e. The molecule has 0 rings (SSSR count). The molecule has 2 heteroatoms. The molecule has 0 atom stereocenters. The number of hydrogen-bond acceptors (Lipinski definition) is 0. The lowest BCUT2D eigenvalue weighted by Gasteiger charge is -1.86. The van der Waals surface area contributed by atoms with Crippen LogP contribution in [0.2, 0.25) is 0 Å². The maximum atomic E-state index is 4.00. The van der Waals surface area contributed by atoms with Crippen LogP contribution < -0.4 is 6.15 Å². The first kappa shape index (κ1) is 22.7. The molecule has 0 heterocycles. The van der Waals surface area contributed by atoms with E-state index in [1.165, 1.54) is 25.7 Å². The summed E-state index contributed by atoms with van der Waals surface area (Å²) in [4.78, 5) is 0. The summed E-state index contributed by atoms with van der Waals surface area (Å²) >= 11 is 0. The topological polar surface area (TPSA) is 59.0 Å². The van der Waals surface area contributed by atoms with Crippen LogP contribution in [-0.4, -0.2) is 0 Å². The number of terminal acetylenes is 1. The molecular weight excluding hydrogens is 126 g/mol. The van der Waals surface area contributed by atoms with Crippen LogP contribution in [0.3, 0.4) is 0 Å². The van der Waals surface area contributed by atoms with E-state index in [9.17, 15) is 0 Å². The Bertz CT molecular complexity index is 39.8. The lowest BCUT2D eigenvalue weighted by molar-refractivity contribution is 0.686. The predicted octanol–water partition coefficient (Wildman–Crippen LogP) is 2.24. The molecule has 0 N–H and O–H groups in total. The second kappa shape index (κ2) is 39.2. The third-order valence-electron chi connectivity index (χ3n) is 0.957. The van der Waals surface area contributed by atoms with E-state index in [4.69, 9.17) is 0 Å². The molecule has 0 aliphatic heterocycles. The van der Waals surface area contributed by atoms with E-state index >= 15 is 0 Å². The molecular formula is C8H16NO. The lowest BCUT2D eigenvalue weighted by atomic mass is 10.2. The second-order valence-corrected chi connectivity index (χ2v) is 1.71. The first-order valence-corrected chi connectivity index (χ1v) is 3.25. The van der Waals surface area contributed by atoms with Crippen molar-refractivity contribution >= 4 is 0 Å². The molecule has 0 spiro atoms. The van der Waals surface area contributed by atoms with Crippen LogP contribution in [0.25, 0.3) is 0 Å². The van der Waals surface area contributed by atoms with Crippen molar-refractivity contribution in [2.45, 2.75) is 39.5 Å². The molecule has 0 amide bonds. The van der Waals surface area contributed by atoms with Crippen LogP contribution in [0.15, 0.2) is 0 Å². The average molecular weight is 142 g/mol. The second-order valence-electron chi connectivity index (χ2n) is 1.71. The zero-order valence-electron chi connectivity index (χ0n) is 6.84. The summed E-state index contributed by atoms with van der Waals surface area (Å²) in [6.07, 6.45) is 13.5. The largest absolute Gasteiger partial charge is 0.124 e. The molecule has 0 aromatic carbocycles. The van der Waals surface area contributed by atoms with Gasteiger partial charge in [-0.3, -0.25) is 0 Å². The van der Waals surface area contributed by atoms with Crippen LogP contribution in [0, 0.1) is 12.8 Å². The van der Waals surface area contributed by atoms with E-state index < -0.39 is 0 Å². The van der Waals surface area contributed by atoms with Crippen LogP contribution >= 0.6 is 0 Å².